The first-order valence-electron chi connectivity index (χ1n) is 5.26. The summed E-state index contributed by atoms with van der Waals surface area (Å²) in [6.07, 6.45) is 1.05. The molecule has 0 aliphatic carbocycles. The van der Waals surface area contributed by atoms with Crippen LogP contribution >= 0.6 is 0 Å². The first kappa shape index (κ1) is 12.4. The van der Waals surface area contributed by atoms with Crippen molar-refractivity contribution in [3.05, 3.63) is 33.9 Å². The minimum Gasteiger partial charge on any atom is -0.398 e. The van der Waals surface area contributed by atoms with Gasteiger partial charge in [0.25, 0.3) is 5.69 Å². The number of nitro benzene ring substituents is 1. The molecule has 5 heteroatoms. The predicted octanol–water partition coefficient (Wildman–Crippen LogP) is 2.02. The van der Waals surface area contributed by atoms with Crippen LogP contribution < -0.4 is 5.73 Å². The van der Waals surface area contributed by atoms with Crippen molar-refractivity contribution in [1.82, 2.24) is 4.90 Å². The number of rotatable bonds is 5. The molecule has 0 saturated heterocycles. The Labute approximate surface area is 95.0 Å². The molecular formula is C11H17N3O2. The van der Waals surface area contributed by atoms with Gasteiger partial charge in [-0.25, -0.2) is 0 Å². The molecule has 0 aliphatic heterocycles. The van der Waals surface area contributed by atoms with E-state index in [4.69, 9.17) is 5.73 Å². The maximum Gasteiger partial charge on any atom is 0.269 e. The van der Waals surface area contributed by atoms with Crippen molar-refractivity contribution in [2.75, 3.05) is 19.3 Å². The van der Waals surface area contributed by atoms with Gasteiger partial charge in [-0.05, 0) is 31.6 Å². The number of non-ortho nitro benzene ring substituents is 1. The van der Waals surface area contributed by atoms with E-state index in [9.17, 15) is 10.1 Å². The standard InChI is InChI=1S/C11H17N3O2/c1-3-6-13(2)8-9-7-10(14(15)16)4-5-11(9)12/h4-5,7H,3,6,8,12H2,1-2H3. The van der Waals surface area contributed by atoms with E-state index in [1.54, 1.807) is 12.1 Å². The molecule has 0 atom stereocenters. The van der Waals surface area contributed by atoms with Gasteiger partial charge in [0.15, 0.2) is 0 Å². The molecule has 0 radical (unpaired) electrons. The van der Waals surface area contributed by atoms with Crippen molar-refractivity contribution in [3.63, 3.8) is 0 Å². The lowest BCUT2D eigenvalue weighted by Crippen LogP contribution is -2.19. The molecule has 2 N–H and O–H groups in total. The predicted molar refractivity (Wildman–Crippen MR) is 64.1 cm³/mol. The Kier molecular flexibility index (Phi) is 4.25. The summed E-state index contributed by atoms with van der Waals surface area (Å²) in [5, 5.41) is 10.6. The zero-order valence-electron chi connectivity index (χ0n) is 9.64. The highest BCUT2D eigenvalue weighted by Crippen LogP contribution is 2.20. The van der Waals surface area contributed by atoms with Gasteiger partial charge in [0.2, 0.25) is 0 Å². The van der Waals surface area contributed by atoms with Gasteiger partial charge in [-0.2, -0.15) is 0 Å². The van der Waals surface area contributed by atoms with E-state index >= 15 is 0 Å². The molecule has 0 aromatic heterocycles. The van der Waals surface area contributed by atoms with E-state index in [1.807, 2.05) is 7.05 Å². The normalized spacial score (nSPS) is 10.7. The molecule has 5 nitrogen and oxygen atoms in total. The fraction of sp³-hybridized carbons (Fsp3) is 0.455. The lowest BCUT2D eigenvalue weighted by Gasteiger charge is -2.16. The summed E-state index contributed by atoms with van der Waals surface area (Å²) in [5.74, 6) is 0. The summed E-state index contributed by atoms with van der Waals surface area (Å²) in [7, 11) is 1.97. The minimum atomic E-state index is -0.400. The maximum atomic E-state index is 10.6. The SMILES string of the molecule is CCCN(C)Cc1cc([N+](=O)[O-])ccc1N. The Morgan fingerprint density at radius 3 is 2.75 bits per heavy atom. The fourth-order valence-electron chi connectivity index (χ4n) is 1.59. The number of benzene rings is 1. The molecule has 1 aromatic rings. The van der Waals surface area contributed by atoms with Crippen LogP contribution in [0.15, 0.2) is 18.2 Å². The molecule has 0 aliphatic rings. The molecule has 1 aromatic carbocycles. The molecule has 16 heavy (non-hydrogen) atoms. The first-order chi connectivity index (χ1) is 7.54. The highest BCUT2D eigenvalue weighted by atomic mass is 16.6. The van der Waals surface area contributed by atoms with Gasteiger partial charge in [0.05, 0.1) is 4.92 Å². The van der Waals surface area contributed by atoms with Gasteiger partial charge >= 0.3 is 0 Å². The molecule has 0 bridgehead atoms. The lowest BCUT2D eigenvalue weighted by molar-refractivity contribution is -0.384. The number of nitro groups is 1. The van der Waals surface area contributed by atoms with Crippen LogP contribution in [-0.2, 0) is 6.54 Å². The van der Waals surface area contributed by atoms with Crippen molar-refractivity contribution < 1.29 is 4.92 Å². The van der Waals surface area contributed by atoms with E-state index in [2.05, 4.69) is 11.8 Å². The third-order valence-corrected chi connectivity index (χ3v) is 2.38. The van der Waals surface area contributed by atoms with Crippen LogP contribution in [0.5, 0.6) is 0 Å². The summed E-state index contributed by atoms with van der Waals surface area (Å²) >= 11 is 0. The zero-order valence-corrected chi connectivity index (χ0v) is 9.64. The van der Waals surface area contributed by atoms with E-state index in [0.717, 1.165) is 18.5 Å². The molecule has 0 amide bonds. The second-order valence-electron chi connectivity index (χ2n) is 3.88. The molecule has 0 fully saturated rings. The van der Waals surface area contributed by atoms with Crippen LogP contribution in [0.3, 0.4) is 0 Å². The monoisotopic (exact) mass is 223 g/mol. The van der Waals surface area contributed by atoms with Crippen LogP contribution in [0.4, 0.5) is 11.4 Å². The van der Waals surface area contributed by atoms with Gasteiger partial charge in [-0.15, -0.1) is 0 Å². The number of nitrogens with two attached hydrogens (primary N) is 1. The number of anilines is 1. The van der Waals surface area contributed by atoms with Crippen LogP contribution in [0, 0.1) is 10.1 Å². The Morgan fingerprint density at radius 1 is 1.50 bits per heavy atom. The Hall–Kier alpha value is -1.62. The number of nitrogen functional groups attached to an aromatic ring is 1. The van der Waals surface area contributed by atoms with E-state index in [0.29, 0.717) is 12.2 Å². The average Bonchev–Trinajstić information content (AvgIpc) is 2.21. The summed E-state index contributed by atoms with van der Waals surface area (Å²) in [6.45, 7) is 3.68. The van der Waals surface area contributed by atoms with Crippen molar-refractivity contribution in [3.8, 4) is 0 Å². The summed E-state index contributed by atoms with van der Waals surface area (Å²) in [6, 6.07) is 4.56. The molecule has 0 saturated carbocycles. The third kappa shape index (κ3) is 3.20. The second kappa shape index (κ2) is 5.46. The fourth-order valence-corrected chi connectivity index (χ4v) is 1.59. The van der Waals surface area contributed by atoms with Crippen LogP contribution in [0.2, 0.25) is 0 Å². The Bertz CT molecular complexity index is 379. The molecule has 88 valence electrons. The van der Waals surface area contributed by atoms with E-state index < -0.39 is 4.92 Å². The van der Waals surface area contributed by atoms with Crippen molar-refractivity contribution in [2.45, 2.75) is 19.9 Å². The van der Waals surface area contributed by atoms with E-state index in [-0.39, 0.29) is 5.69 Å². The van der Waals surface area contributed by atoms with Crippen molar-refractivity contribution in [1.29, 1.82) is 0 Å². The molecule has 1 rings (SSSR count). The zero-order chi connectivity index (χ0) is 12.1. The summed E-state index contributed by atoms with van der Waals surface area (Å²) < 4.78 is 0. The van der Waals surface area contributed by atoms with Gasteiger partial charge < -0.3 is 10.6 Å². The quantitative estimate of drug-likeness (QED) is 0.471. The largest absolute Gasteiger partial charge is 0.398 e. The van der Waals surface area contributed by atoms with Crippen molar-refractivity contribution in [2.24, 2.45) is 0 Å². The number of hydrogen-bond donors (Lipinski definition) is 1. The van der Waals surface area contributed by atoms with E-state index in [1.165, 1.54) is 6.07 Å². The van der Waals surface area contributed by atoms with Crippen LogP contribution in [0.1, 0.15) is 18.9 Å². The molecular weight excluding hydrogens is 206 g/mol. The molecule has 0 heterocycles. The third-order valence-electron chi connectivity index (χ3n) is 2.38. The van der Waals surface area contributed by atoms with Crippen molar-refractivity contribution >= 4 is 11.4 Å². The maximum absolute atomic E-state index is 10.6. The number of hydrogen-bond acceptors (Lipinski definition) is 4. The highest BCUT2D eigenvalue weighted by Gasteiger charge is 2.10. The second-order valence-corrected chi connectivity index (χ2v) is 3.88. The smallest absolute Gasteiger partial charge is 0.269 e. The topological polar surface area (TPSA) is 72.4 Å². The Balaban J connectivity index is 2.85. The molecule has 0 spiro atoms. The summed E-state index contributed by atoms with van der Waals surface area (Å²) in [4.78, 5) is 12.3. The van der Waals surface area contributed by atoms with Gasteiger partial charge in [0.1, 0.15) is 0 Å². The van der Waals surface area contributed by atoms with Gasteiger partial charge in [0, 0.05) is 24.4 Å². The minimum absolute atomic E-state index is 0.0918. The van der Waals surface area contributed by atoms with Gasteiger partial charge in [-0.3, -0.25) is 10.1 Å². The van der Waals surface area contributed by atoms with Crippen LogP contribution in [0.25, 0.3) is 0 Å². The summed E-state index contributed by atoms with van der Waals surface area (Å²) in [5.41, 5.74) is 7.29. The van der Waals surface area contributed by atoms with Crippen LogP contribution in [-0.4, -0.2) is 23.4 Å². The average molecular weight is 223 g/mol. The lowest BCUT2D eigenvalue weighted by atomic mass is 10.1. The molecule has 0 unspecified atom stereocenters. The first-order valence-corrected chi connectivity index (χ1v) is 5.26. The number of nitrogens with zero attached hydrogens (tertiary/aromatic N) is 2. The highest BCUT2D eigenvalue weighted by molar-refractivity contribution is 5.52. The van der Waals surface area contributed by atoms with Gasteiger partial charge in [-0.1, -0.05) is 6.92 Å². The Morgan fingerprint density at radius 2 is 2.19 bits per heavy atom.